The van der Waals surface area contributed by atoms with E-state index in [0.29, 0.717) is 16.6 Å². The fourth-order valence-electron chi connectivity index (χ4n) is 4.43. The van der Waals surface area contributed by atoms with Crippen molar-refractivity contribution < 1.29 is 13.2 Å². The van der Waals surface area contributed by atoms with Crippen molar-refractivity contribution >= 4 is 39.1 Å². The van der Waals surface area contributed by atoms with E-state index in [9.17, 15) is 13.2 Å². The zero-order chi connectivity index (χ0) is 22.2. The van der Waals surface area contributed by atoms with E-state index in [1.807, 2.05) is 31.2 Å². The number of carbonyl (C=O) groups is 1. The SMILES string of the molecule is CC(Sc1nnc(-c2ccccc2Cl)n1C1CCCC1)C(=O)N(C)C1CCS(=O)(=O)C1. The number of carbonyl (C=O) groups excluding carboxylic acids is 1. The van der Waals surface area contributed by atoms with E-state index in [0.717, 1.165) is 37.1 Å². The van der Waals surface area contributed by atoms with Crippen LogP contribution in [0.5, 0.6) is 0 Å². The van der Waals surface area contributed by atoms with Crippen LogP contribution in [0.1, 0.15) is 45.1 Å². The lowest BCUT2D eigenvalue weighted by atomic mass is 10.2. The van der Waals surface area contributed by atoms with Crippen molar-refractivity contribution in [3.05, 3.63) is 29.3 Å². The topological polar surface area (TPSA) is 85.2 Å². The van der Waals surface area contributed by atoms with Gasteiger partial charge in [-0.3, -0.25) is 9.36 Å². The minimum Gasteiger partial charge on any atom is -0.341 e. The Morgan fingerprint density at radius 2 is 1.94 bits per heavy atom. The minimum atomic E-state index is -3.05. The molecule has 1 aromatic carbocycles. The molecule has 1 saturated heterocycles. The zero-order valence-corrected chi connectivity index (χ0v) is 20.1. The highest BCUT2D eigenvalue weighted by atomic mass is 35.5. The number of nitrogens with zero attached hydrogens (tertiary/aromatic N) is 4. The molecule has 2 aliphatic rings. The molecule has 7 nitrogen and oxygen atoms in total. The van der Waals surface area contributed by atoms with Crippen molar-refractivity contribution in [3.63, 3.8) is 0 Å². The number of aromatic nitrogens is 3. The zero-order valence-electron chi connectivity index (χ0n) is 17.7. The van der Waals surface area contributed by atoms with Crippen LogP contribution in [0.25, 0.3) is 11.4 Å². The number of rotatable bonds is 6. The molecule has 1 aliphatic heterocycles. The second-order valence-corrected chi connectivity index (χ2v) is 12.3. The standard InChI is InChI=1S/C21H27ClN4O3S2/c1-14(20(27)25(2)16-11-12-31(28,29)13-16)30-21-24-23-19(17-9-5-6-10-18(17)22)26(21)15-7-3-4-8-15/h5-6,9-10,14-16H,3-4,7-8,11-13H2,1-2H3. The van der Waals surface area contributed by atoms with Gasteiger partial charge in [-0.1, -0.05) is 48.3 Å². The Labute approximate surface area is 192 Å². The number of hydrogen-bond acceptors (Lipinski definition) is 6. The van der Waals surface area contributed by atoms with Gasteiger partial charge in [0.15, 0.2) is 20.8 Å². The molecular formula is C21H27ClN4O3S2. The highest BCUT2D eigenvalue weighted by molar-refractivity contribution is 8.00. The first kappa shape index (κ1) is 22.6. The maximum Gasteiger partial charge on any atom is 0.235 e. The van der Waals surface area contributed by atoms with E-state index in [4.69, 9.17) is 11.6 Å². The van der Waals surface area contributed by atoms with Crippen LogP contribution in [0.3, 0.4) is 0 Å². The van der Waals surface area contributed by atoms with Crippen molar-refractivity contribution in [1.29, 1.82) is 0 Å². The minimum absolute atomic E-state index is 0.0432. The average Bonchev–Trinajstić information content (AvgIpc) is 3.47. The molecule has 1 amide bonds. The van der Waals surface area contributed by atoms with Gasteiger partial charge < -0.3 is 4.90 Å². The van der Waals surface area contributed by atoms with Crippen LogP contribution in [0.2, 0.25) is 5.02 Å². The molecule has 0 radical (unpaired) electrons. The van der Waals surface area contributed by atoms with E-state index in [1.54, 1.807) is 11.9 Å². The number of amides is 1. The Morgan fingerprint density at radius 3 is 2.58 bits per heavy atom. The van der Waals surface area contributed by atoms with Gasteiger partial charge in [-0.05, 0) is 38.3 Å². The Hall–Kier alpha value is -1.58. The molecule has 2 aromatic rings. The van der Waals surface area contributed by atoms with Gasteiger partial charge in [-0.2, -0.15) is 0 Å². The summed E-state index contributed by atoms with van der Waals surface area (Å²) in [6, 6.07) is 7.62. The lowest BCUT2D eigenvalue weighted by molar-refractivity contribution is -0.130. The van der Waals surface area contributed by atoms with E-state index in [1.165, 1.54) is 11.8 Å². The molecule has 0 spiro atoms. The first-order valence-corrected chi connectivity index (χ1v) is 13.7. The van der Waals surface area contributed by atoms with E-state index in [2.05, 4.69) is 14.8 Å². The molecule has 0 bridgehead atoms. The van der Waals surface area contributed by atoms with Crippen molar-refractivity contribution in [2.24, 2.45) is 0 Å². The van der Waals surface area contributed by atoms with Gasteiger partial charge in [0, 0.05) is 24.7 Å². The predicted octanol–water partition coefficient (Wildman–Crippen LogP) is 3.84. The molecular weight excluding hydrogens is 456 g/mol. The van der Waals surface area contributed by atoms with E-state index >= 15 is 0 Å². The molecule has 168 valence electrons. The fraction of sp³-hybridized carbons (Fsp3) is 0.571. The molecule has 31 heavy (non-hydrogen) atoms. The average molecular weight is 483 g/mol. The third-order valence-electron chi connectivity index (χ3n) is 6.20. The number of thioether (sulfide) groups is 1. The Morgan fingerprint density at radius 1 is 1.23 bits per heavy atom. The molecule has 0 N–H and O–H groups in total. The summed E-state index contributed by atoms with van der Waals surface area (Å²) in [5.41, 5.74) is 0.836. The van der Waals surface area contributed by atoms with Crippen molar-refractivity contribution in [1.82, 2.24) is 19.7 Å². The maximum atomic E-state index is 13.0. The van der Waals surface area contributed by atoms with Gasteiger partial charge in [0.1, 0.15) is 0 Å². The quantitative estimate of drug-likeness (QED) is 0.581. The molecule has 1 aromatic heterocycles. The van der Waals surface area contributed by atoms with Crippen molar-refractivity contribution in [3.8, 4) is 11.4 Å². The van der Waals surface area contributed by atoms with Crippen LogP contribution in [0.4, 0.5) is 0 Å². The first-order chi connectivity index (χ1) is 14.8. The molecule has 10 heteroatoms. The second kappa shape index (κ2) is 9.11. The van der Waals surface area contributed by atoms with Gasteiger partial charge in [0.25, 0.3) is 0 Å². The number of hydrogen-bond donors (Lipinski definition) is 0. The van der Waals surface area contributed by atoms with Crippen LogP contribution >= 0.6 is 23.4 Å². The summed E-state index contributed by atoms with van der Waals surface area (Å²) in [6.07, 6.45) is 4.90. The largest absolute Gasteiger partial charge is 0.341 e. The van der Waals surface area contributed by atoms with Crippen molar-refractivity contribution in [2.45, 2.75) is 61.5 Å². The molecule has 1 saturated carbocycles. The van der Waals surface area contributed by atoms with Gasteiger partial charge in [0.05, 0.1) is 21.8 Å². The van der Waals surface area contributed by atoms with E-state index in [-0.39, 0.29) is 29.5 Å². The van der Waals surface area contributed by atoms with Crippen molar-refractivity contribution in [2.75, 3.05) is 18.6 Å². The van der Waals surface area contributed by atoms with Gasteiger partial charge in [0.2, 0.25) is 5.91 Å². The highest BCUT2D eigenvalue weighted by Gasteiger charge is 2.35. The van der Waals surface area contributed by atoms with E-state index < -0.39 is 15.1 Å². The number of halogens is 1. The number of sulfone groups is 1. The van der Waals surface area contributed by atoms with Crippen LogP contribution in [-0.4, -0.2) is 63.8 Å². The Kier molecular flexibility index (Phi) is 6.65. The Balaban J connectivity index is 1.58. The van der Waals surface area contributed by atoms with Gasteiger partial charge >= 0.3 is 0 Å². The molecule has 2 heterocycles. The molecule has 2 unspecified atom stereocenters. The summed E-state index contributed by atoms with van der Waals surface area (Å²) in [5, 5.41) is 9.80. The monoisotopic (exact) mass is 482 g/mol. The highest BCUT2D eigenvalue weighted by Crippen LogP contribution is 2.39. The summed E-state index contributed by atoms with van der Waals surface area (Å²) in [5.74, 6) is 0.831. The molecule has 4 rings (SSSR count). The van der Waals surface area contributed by atoms with Crippen LogP contribution in [0.15, 0.2) is 29.4 Å². The predicted molar refractivity (Wildman–Crippen MR) is 123 cm³/mol. The van der Waals surface area contributed by atoms with Crippen LogP contribution < -0.4 is 0 Å². The lowest BCUT2D eigenvalue weighted by Gasteiger charge is -2.26. The summed E-state index contributed by atoms with van der Waals surface area (Å²) in [6.45, 7) is 1.84. The summed E-state index contributed by atoms with van der Waals surface area (Å²) in [7, 11) is -1.35. The molecule has 1 aliphatic carbocycles. The third-order valence-corrected chi connectivity index (χ3v) is 9.33. The fourth-order valence-corrected chi connectivity index (χ4v) is 7.45. The summed E-state index contributed by atoms with van der Waals surface area (Å²) in [4.78, 5) is 14.6. The Bertz CT molecular complexity index is 1070. The maximum absolute atomic E-state index is 13.0. The summed E-state index contributed by atoms with van der Waals surface area (Å²) < 4.78 is 25.8. The van der Waals surface area contributed by atoms with Gasteiger partial charge in [-0.15, -0.1) is 10.2 Å². The normalized spacial score (nSPS) is 22.0. The molecule has 2 fully saturated rings. The number of benzene rings is 1. The van der Waals surface area contributed by atoms with Crippen LogP contribution in [-0.2, 0) is 14.6 Å². The van der Waals surface area contributed by atoms with Gasteiger partial charge in [-0.25, -0.2) is 8.42 Å². The smallest absolute Gasteiger partial charge is 0.235 e. The van der Waals surface area contributed by atoms with Crippen LogP contribution in [0, 0.1) is 0 Å². The summed E-state index contributed by atoms with van der Waals surface area (Å²) >= 11 is 7.82. The molecule has 2 atom stereocenters. The third kappa shape index (κ3) is 4.78. The second-order valence-electron chi connectivity index (χ2n) is 8.36. The first-order valence-electron chi connectivity index (χ1n) is 10.6. The lowest BCUT2D eigenvalue weighted by Crippen LogP contribution is -2.41.